The lowest BCUT2D eigenvalue weighted by atomic mass is 9.79. The Morgan fingerprint density at radius 3 is 1.73 bits per heavy atom. The molecule has 37 heavy (non-hydrogen) atoms. The maximum Gasteiger partial charge on any atom is 0.335 e. The minimum atomic E-state index is -2.46. The van der Waals surface area contributed by atoms with Gasteiger partial charge in [0.05, 0.1) is 6.10 Å². The Hall–Kier alpha value is -4.55. The van der Waals surface area contributed by atoms with E-state index in [2.05, 4.69) is 0 Å². The summed E-state index contributed by atoms with van der Waals surface area (Å²) in [6, 6.07) is 7.50. The molecule has 0 saturated heterocycles. The molecule has 196 valence electrons. The number of carboxylic acids is 1. The van der Waals surface area contributed by atoms with E-state index < -0.39 is 66.2 Å². The highest BCUT2D eigenvalue weighted by Crippen LogP contribution is 2.33. The Bertz CT molecular complexity index is 1250. The summed E-state index contributed by atoms with van der Waals surface area (Å²) in [6.07, 6.45) is -1.86. The molecule has 7 N–H and O–H groups in total. The van der Waals surface area contributed by atoms with Gasteiger partial charge in [-0.3, -0.25) is 0 Å². The Kier molecular flexibility index (Phi) is 8.05. The predicted molar refractivity (Wildman–Crippen MR) is 125 cm³/mol. The summed E-state index contributed by atoms with van der Waals surface area (Å²) in [6.45, 7) is 0. The van der Waals surface area contributed by atoms with E-state index in [9.17, 15) is 50.1 Å². The maximum atomic E-state index is 12.4. The molecule has 12 nitrogen and oxygen atoms in total. The first-order valence-corrected chi connectivity index (χ1v) is 10.8. The lowest BCUT2D eigenvalue weighted by Crippen LogP contribution is -2.58. The SMILES string of the molecule is O=C(C=Cc1ccc(O)c(O)c1)O[C@@H]1[C@H](O)C[C@](O)(C(=O)O)C[C@H]1OC(=O)C=Cc1ccc(O)c(O)c1. The summed E-state index contributed by atoms with van der Waals surface area (Å²) in [5.41, 5.74) is -1.82. The summed E-state index contributed by atoms with van der Waals surface area (Å²) < 4.78 is 10.4. The minimum Gasteiger partial charge on any atom is -0.504 e. The molecule has 0 heterocycles. The van der Waals surface area contributed by atoms with Crippen molar-refractivity contribution in [3.05, 3.63) is 59.7 Å². The molecule has 3 rings (SSSR count). The number of phenols is 4. The van der Waals surface area contributed by atoms with Crippen molar-refractivity contribution in [2.24, 2.45) is 0 Å². The Morgan fingerprint density at radius 2 is 1.27 bits per heavy atom. The monoisotopic (exact) mass is 516 g/mol. The number of hydrogen-bond donors (Lipinski definition) is 7. The predicted octanol–water partition coefficient (Wildman–Crippen LogP) is 1.03. The molecule has 1 saturated carbocycles. The van der Waals surface area contributed by atoms with E-state index in [1.165, 1.54) is 42.5 Å². The first-order chi connectivity index (χ1) is 17.4. The van der Waals surface area contributed by atoms with Crippen LogP contribution in [-0.2, 0) is 23.9 Å². The van der Waals surface area contributed by atoms with E-state index >= 15 is 0 Å². The average Bonchev–Trinajstić information content (AvgIpc) is 2.82. The van der Waals surface area contributed by atoms with Crippen LogP contribution in [0.5, 0.6) is 23.0 Å². The first-order valence-electron chi connectivity index (χ1n) is 10.8. The highest BCUT2D eigenvalue weighted by atomic mass is 16.6. The van der Waals surface area contributed by atoms with Crippen molar-refractivity contribution in [3.63, 3.8) is 0 Å². The molecule has 0 radical (unpaired) electrons. The molecule has 1 fully saturated rings. The van der Waals surface area contributed by atoms with Gasteiger partial charge in [0.15, 0.2) is 34.7 Å². The zero-order valence-corrected chi connectivity index (χ0v) is 19.1. The number of ether oxygens (including phenoxy) is 2. The Balaban J connectivity index is 1.75. The van der Waals surface area contributed by atoms with Crippen LogP contribution >= 0.6 is 0 Å². The first kappa shape index (κ1) is 27.0. The smallest absolute Gasteiger partial charge is 0.335 e. The molecular formula is C25H24O12. The fraction of sp³-hybridized carbons (Fsp3) is 0.240. The van der Waals surface area contributed by atoms with Gasteiger partial charge in [0, 0.05) is 25.0 Å². The summed E-state index contributed by atoms with van der Waals surface area (Å²) in [7, 11) is 0. The van der Waals surface area contributed by atoms with Gasteiger partial charge in [-0.2, -0.15) is 0 Å². The summed E-state index contributed by atoms with van der Waals surface area (Å²) in [4.78, 5) is 36.3. The number of aromatic hydroxyl groups is 4. The number of hydrogen-bond acceptors (Lipinski definition) is 11. The molecule has 0 aromatic heterocycles. The van der Waals surface area contributed by atoms with Gasteiger partial charge < -0.3 is 45.2 Å². The topological polar surface area (TPSA) is 211 Å². The zero-order chi connectivity index (χ0) is 27.3. The summed E-state index contributed by atoms with van der Waals surface area (Å²) in [5.74, 6) is -5.29. The van der Waals surface area contributed by atoms with Gasteiger partial charge in [-0.05, 0) is 47.5 Å². The quantitative estimate of drug-likeness (QED) is 0.156. The molecular weight excluding hydrogens is 492 g/mol. The Morgan fingerprint density at radius 1 is 0.784 bits per heavy atom. The molecule has 1 aliphatic rings. The van der Waals surface area contributed by atoms with E-state index in [0.717, 1.165) is 18.2 Å². The molecule has 0 spiro atoms. The molecule has 12 heteroatoms. The number of carboxylic acid groups (broad SMARTS) is 1. The molecule has 1 aliphatic carbocycles. The average molecular weight is 516 g/mol. The third-order valence-corrected chi connectivity index (χ3v) is 5.57. The van der Waals surface area contributed by atoms with Crippen LogP contribution < -0.4 is 0 Å². The van der Waals surface area contributed by atoms with Crippen LogP contribution in [0.15, 0.2) is 48.6 Å². The van der Waals surface area contributed by atoms with Crippen LogP contribution in [0.2, 0.25) is 0 Å². The highest BCUT2D eigenvalue weighted by Gasteiger charge is 2.52. The normalized spacial score (nSPS) is 23.7. The van der Waals surface area contributed by atoms with Crippen molar-refractivity contribution in [1.82, 2.24) is 0 Å². The van der Waals surface area contributed by atoms with E-state index in [-0.39, 0.29) is 11.5 Å². The summed E-state index contributed by atoms with van der Waals surface area (Å²) >= 11 is 0. The van der Waals surface area contributed by atoms with Gasteiger partial charge >= 0.3 is 17.9 Å². The molecule has 2 aromatic carbocycles. The maximum absolute atomic E-state index is 12.4. The molecule has 0 bridgehead atoms. The largest absolute Gasteiger partial charge is 0.504 e. The third-order valence-electron chi connectivity index (χ3n) is 5.57. The summed E-state index contributed by atoms with van der Waals surface area (Å²) in [5, 5.41) is 68.0. The number of phenolic OH excluding ortho intramolecular Hbond substituents is 4. The van der Waals surface area contributed by atoms with E-state index in [1.807, 2.05) is 0 Å². The van der Waals surface area contributed by atoms with Crippen LogP contribution in [0.3, 0.4) is 0 Å². The van der Waals surface area contributed by atoms with Crippen molar-refractivity contribution >= 4 is 30.1 Å². The fourth-order valence-electron chi connectivity index (χ4n) is 3.66. The van der Waals surface area contributed by atoms with Gasteiger partial charge in [0.1, 0.15) is 6.10 Å². The fourth-order valence-corrected chi connectivity index (χ4v) is 3.66. The van der Waals surface area contributed by atoms with Crippen molar-refractivity contribution < 1.29 is 59.6 Å². The van der Waals surface area contributed by atoms with E-state index in [4.69, 9.17) is 9.47 Å². The minimum absolute atomic E-state index is 0.311. The second-order valence-corrected chi connectivity index (χ2v) is 8.35. The second-order valence-electron chi connectivity index (χ2n) is 8.35. The molecule has 2 aromatic rings. The lowest BCUT2D eigenvalue weighted by molar-refractivity contribution is -0.204. The number of esters is 2. The second kappa shape index (κ2) is 11.0. The lowest BCUT2D eigenvalue weighted by Gasteiger charge is -2.40. The van der Waals surface area contributed by atoms with E-state index in [1.54, 1.807) is 0 Å². The van der Waals surface area contributed by atoms with E-state index in [0.29, 0.717) is 11.1 Å². The molecule has 4 atom stereocenters. The number of aliphatic carboxylic acids is 1. The number of carbonyl (C=O) groups excluding carboxylic acids is 2. The highest BCUT2D eigenvalue weighted by molar-refractivity contribution is 5.88. The van der Waals surface area contributed by atoms with Gasteiger partial charge in [-0.15, -0.1) is 0 Å². The standard InChI is InChI=1S/C25H24O12/c26-15-5-1-13(9-17(15)28)3-7-21(31)36-20-12-25(35,24(33)34)11-19(30)23(20)37-22(32)8-4-14-2-6-16(27)18(29)10-14/h1-10,19-20,23,26-30,35H,11-12H2,(H,33,34)/t19-,20-,23-,25-/m1/s1. The van der Waals surface area contributed by atoms with Gasteiger partial charge in [-0.1, -0.05) is 12.1 Å². The number of benzene rings is 2. The number of carbonyl (C=O) groups is 3. The van der Waals surface area contributed by atoms with Crippen molar-refractivity contribution in [3.8, 4) is 23.0 Å². The van der Waals surface area contributed by atoms with Gasteiger partial charge in [-0.25, -0.2) is 14.4 Å². The number of rotatable bonds is 7. The number of aliphatic hydroxyl groups is 2. The van der Waals surface area contributed by atoms with Crippen molar-refractivity contribution in [2.75, 3.05) is 0 Å². The van der Waals surface area contributed by atoms with Gasteiger partial charge in [0.2, 0.25) is 0 Å². The zero-order valence-electron chi connectivity index (χ0n) is 19.1. The van der Waals surface area contributed by atoms with Crippen LogP contribution in [0.1, 0.15) is 24.0 Å². The third kappa shape index (κ3) is 6.78. The van der Waals surface area contributed by atoms with Crippen LogP contribution in [-0.4, -0.2) is 77.6 Å². The molecule has 0 aliphatic heterocycles. The van der Waals surface area contributed by atoms with Crippen LogP contribution in [0.25, 0.3) is 12.2 Å². The number of aliphatic hydroxyl groups excluding tert-OH is 1. The molecule has 0 unspecified atom stereocenters. The van der Waals surface area contributed by atoms with Crippen molar-refractivity contribution in [2.45, 2.75) is 36.8 Å². The van der Waals surface area contributed by atoms with Crippen molar-refractivity contribution in [1.29, 1.82) is 0 Å². The Labute approximate surface area is 209 Å². The van der Waals surface area contributed by atoms with Crippen LogP contribution in [0, 0.1) is 0 Å². The van der Waals surface area contributed by atoms with Crippen LogP contribution in [0.4, 0.5) is 0 Å². The molecule has 0 amide bonds. The van der Waals surface area contributed by atoms with Gasteiger partial charge in [0.25, 0.3) is 0 Å².